The molecule has 0 amide bonds. The molecular formula is C15H23NO2. The van der Waals surface area contributed by atoms with Crippen LogP contribution >= 0.6 is 0 Å². The summed E-state index contributed by atoms with van der Waals surface area (Å²) in [7, 11) is 0. The molecular weight excluding hydrogens is 226 g/mol. The second kappa shape index (κ2) is 6.01. The molecule has 2 atom stereocenters. The van der Waals surface area contributed by atoms with Crippen LogP contribution in [0.2, 0.25) is 0 Å². The van der Waals surface area contributed by atoms with Crippen LogP contribution in [-0.4, -0.2) is 17.6 Å². The number of carbonyl (C=O) groups is 1. The first-order chi connectivity index (χ1) is 8.47. The lowest BCUT2D eigenvalue weighted by Crippen LogP contribution is -2.44. The van der Waals surface area contributed by atoms with Crippen molar-refractivity contribution in [3.63, 3.8) is 0 Å². The van der Waals surface area contributed by atoms with Crippen LogP contribution in [0.1, 0.15) is 37.8 Å². The number of hydrogen-bond acceptors (Lipinski definition) is 2. The van der Waals surface area contributed by atoms with Crippen molar-refractivity contribution >= 4 is 5.97 Å². The minimum atomic E-state index is -0.958. The zero-order valence-corrected chi connectivity index (χ0v) is 11.4. The van der Waals surface area contributed by atoms with Gasteiger partial charge >= 0.3 is 5.97 Å². The van der Waals surface area contributed by atoms with Crippen molar-refractivity contribution in [2.75, 3.05) is 6.54 Å². The van der Waals surface area contributed by atoms with Crippen molar-refractivity contribution in [2.24, 2.45) is 11.7 Å². The van der Waals surface area contributed by atoms with Crippen LogP contribution in [0, 0.1) is 12.8 Å². The standard InChI is InChI=1S/C15H23NO2/c1-4-11(2)9-15(10-16,14(17)18)13-8-6-5-7-12(13)3/h5-8,11H,4,9-10,16H2,1-3H3,(H,17,18). The first-order valence-corrected chi connectivity index (χ1v) is 6.47. The summed E-state index contributed by atoms with van der Waals surface area (Å²) in [5, 5.41) is 9.67. The summed E-state index contributed by atoms with van der Waals surface area (Å²) in [6.45, 7) is 6.23. The molecule has 1 aromatic rings. The highest BCUT2D eigenvalue weighted by Crippen LogP contribution is 2.34. The molecule has 0 aromatic heterocycles. The largest absolute Gasteiger partial charge is 0.481 e. The van der Waals surface area contributed by atoms with Crippen LogP contribution in [0.5, 0.6) is 0 Å². The number of benzene rings is 1. The molecule has 0 spiro atoms. The van der Waals surface area contributed by atoms with Crippen LogP contribution < -0.4 is 5.73 Å². The van der Waals surface area contributed by atoms with E-state index in [4.69, 9.17) is 5.73 Å². The van der Waals surface area contributed by atoms with E-state index in [2.05, 4.69) is 13.8 Å². The summed E-state index contributed by atoms with van der Waals surface area (Å²) < 4.78 is 0. The lowest BCUT2D eigenvalue weighted by molar-refractivity contribution is -0.144. The fraction of sp³-hybridized carbons (Fsp3) is 0.533. The van der Waals surface area contributed by atoms with E-state index in [1.807, 2.05) is 31.2 Å². The molecule has 0 bridgehead atoms. The first kappa shape index (κ1) is 14.7. The van der Waals surface area contributed by atoms with Gasteiger partial charge in [0.05, 0.1) is 0 Å². The second-order valence-electron chi connectivity index (χ2n) is 5.12. The lowest BCUT2D eigenvalue weighted by atomic mass is 9.72. The van der Waals surface area contributed by atoms with E-state index in [-0.39, 0.29) is 6.54 Å². The first-order valence-electron chi connectivity index (χ1n) is 6.47. The van der Waals surface area contributed by atoms with Gasteiger partial charge in [-0.15, -0.1) is 0 Å². The molecule has 3 nitrogen and oxygen atoms in total. The fourth-order valence-corrected chi connectivity index (χ4v) is 2.44. The number of carboxylic acid groups (broad SMARTS) is 1. The average Bonchev–Trinajstić information content (AvgIpc) is 2.36. The van der Waals surface area contributed by atoms with E-state index in [1.165, 1.54) is 0 Å². The molecule has 0 heterocycles. The summed E-state index contributed by atoms with van der Waals surface area (Å²) in [6, 6.07) is 7.63. The van der Waals surface area contributed by atoms with Crippen molar-refractivity contribution in [3.05, 3.63) is 35.4 Å². The number of rotatable bonds is 6. The maximum atomic E-state index is 11.8. The topological polar surface area (TPSA) is 63.3 Å². The monoisotopic (exact) mass is 249 g/mol. The minimum absolute atomic E-state index is 0.136. The Morgan fingerprint density at radius 2 is 2.06 bits per heavy atom. The van der Waals surface area contributed by atoms with Crippen LogP contribution in [0.4, 0.5) is 0 Å². The Labute approximate surface area is 109 Å². The summed E-state index contributed by atoms with van der Waals surface area (Å²) >= 11 is 0. The third-order valence-corrected chi connectivity index (χ3v) is 3.81. The predicted molar refractivity (Wildman–Crippen MR) is 73.6 cm³/mol. The number of nitrogens with two attached hydrogens (primary N) is 1. The van der Waals surface area contributed by atoms with E-state index in [9.17, 15) is 9.90 Å². The molecule has 18 heavy (non-hydrogen) atoms. The van der Waals surface area contributed by atoms with Gasteiger partial charge in [-0.25, -0.2) is 0 Å². The number of aliphatic carboxylic acids is 1. The van der Waals surface area contributed by atoms with E-state index < -0.39 is 11.4 Å². The van der Waals surface area contributed by atoms with Gasteiger partial charge < -0.3 is 10.8 Å². The zero-order chi connectivity index (χ0) is 13.8. The number of hydrogen-bond donors (Lipinski definition) is 2. The van der Waals surface area contributed by atoms with Crippen molar-refractivity contribution in [1.82, 2.24) is 0 Å². The lowest BCUT2D eigenvalue weighted by Gasteiger charge is -2.32. The normalized spacial score (nSPS) is 16.0. The highest BCUT2D eigenvalue weighted by Gasteiger charge is 2.40. The van der Waals surface area contributed by atoms with Gasteiger partial charge in [0.2, 0.25) is 0 Å². The van der Waals surface area contributed by atoms with Crippen molar-refractivity contribution in [3.8, 4) is 0 Å². The van der Waals surface area contributed by atoms with Gasteiger partial charge in [-0.2, -0.15) is 0 Å². The second-order valence-corrected chi connectivity index (χ2v) is 5.12. The molecule has 2 unspecified atom stereocenters. The van der Waals surface area contributed by atoms with Gasteiger partial charge in [-0.3, -0.25) is 4.79 Å². The third kappa shape index (κ3) is 2.72. The maximum absolute atomic E-state index is 11.8. The maximum Gasteiger partial charge on any atom is 0.315 e. The highest BCUT2D eigenvalue weighted by molar-refractivity contribution is 5.82. The minimum Gasteiger partial charge on any atom is -0.481 e. The zero-order valence-electron chi connectivity index (χ0n) is 11.4. The summed E-state index contributed by atoms with van der Waals surface area (Å²) in [4.78, 5) is 11.8. The molecule has 0 saturated heterocycles. The molecule has 0 fully saturated rings. The smallest absolute Gasteiger partial charge is 0.315 e. The average molecular weight is 249 g/mol. The Hall–Kier alpha value is -1.35. The van der Waals surface area contributed by atoms with Gasteiger partial charge in [-0.05, 0) is 30.4 Å². The molecule has 0 aliphatic rings. The molecule has 3 heteroatoms. The Kier molecular flexibility index (Phi) is 4.91. The number of carboxylic acids is 1. The highest BCUT2D eigenvalue weighted by atomic mass is 16.4. The molecule has 0 radical (unpaired) electrons. The van der Waals surface area contributed by atoms with E-state index >= 15 is 0 Å². The Bertz CT molecular complexity index is 417. The van der Waals surface area contributed by atoms with Crippen molar-refractivity contribution in [2.45, 2.75) is 39.0 Å². The molecule has 1 rings (SSSR count). The quantitative estimate of drug-likeness (QED) is 0.814. The van der Waals surface area contributed by atoms with Gasteiger partial charge in [0, 0.05) is 6.54 Å². The van der Waals surface area contributed by atoms with Gasteiger partial charge in [0.1, 0.15) is 5.41 Å². The predicted octanol–water partition coefficient (Wildman–Crippen LogP) is 2.71. The summed E-state index contributed by atoms with van der Waals surface area (Å²) in [5.74, 6) is -0.483. The van der Waals surface area contributed by atoms with Crippen LogP contribution in [0.25, 0.3) is 0 Å². The molecule has 0 aliphatic heterocycles. The van der Waals surface area contributed by atoms with Gasteiger partial charge in [0.15, 0.2) is 0 Å². The third-order valence-electron chi connectivity index (χ3n) is 3.81. The molecule has 0 aliphatic carbocycles. The molecule has 3 N–H and O–H groups in total. The molecule has 1 aromatic carbocycles. The van der Waals surface area contributed by atoms with Crippen LogP contribution in [0.3, 0.4) is 0 Å². The molecule has 100 valence electrons. The number of aryl methyl sites for hydroxylation is 1. The van der Waals surface area contributed by atoms with Crippen molar-refractivity contribution < 1.29 is 9.90 Å². The summed E-state index contributed by atoms with van der Waals surface area (Å²) in [5.41, 5.74) is 6.72. The Morgan fingerprint density at radius 1 is 1.44 bits per heavy atom. The SMILES string of the molecule is CCC(C)CC(CN)(C(=O)O)c1ccccc1C. The van der Waals surface area contributed by atoms with Crippen molar-refractivity contribution in [1.29, 1.82) is 0 Å². The van der Waals surface area contributed by atoms with Gasteiger partial charge in [-0.1, -0.05) is 44.5 Å². The molecule has 0 saturated carbocycles. The van der Waals surface area contributed by atoms with Crippen LogP contribution in [0.15, 0.2) is 24.3 Å². The van der Waals surface area contributed by atoms with E-state index in [0.29, 0.717) is 12.3 Å². The van der Waals surface area contributed by atoms with Gasteiger partial charge in [0.25, 0.3) is 0 Å². The fourth-order valence-electron chi connectivity index (χ4n) is 2.44. The van der Waals surface area contributed by atoms with E-state index in [0.717, 1.165) is 17.5 Å². The Balaban J connectivity index is 3.28. The van der Waals surface area contributed by atoms with Crippen LogP contribution in [-0.2, 0) is 10.2 Å². The van der Waals surface area contributed by atoms with E-state index in [1.54, 1.807) is 0 Å². The Morgan fingerprint density at radius 3 is 2.50 bits per heavy atom. The summed E-state index contributed by atoms with van der Waals surface area (Å²) in [6.07, 6.45) is 1.54.